The van der Waals surface area contributed by atoms with Crippen LogP contribution in [0.3, 0.4) is 0 Å². The zero-order chi connectivity index (χ0) is 12.5. The average Bonchev–Trinajstić information content (AvgIpc) is 3.11. The van der Waals surface area contributed by atoms with Crippen molar-refractivity contribution in [2.24, 2.45) is 5.92 Å². The number of hydrogen-bond donors (Lipinski definition) is 1. The third kappa shape index (κ3) is 2.23. The Morgan fingerprint density at radius 2 is 1.94 bits per heavy atom. The molecule has 1 fully saturated rings. The lowest BCUT2D eigenvalue weighted by Gasteiger charge is -2.14. The fraction of sp³-hybridized carbons (Fsp3) is 0.733. The van der Waals surface area contributed by atoms with E-state index in [4.69, 9.17) is 9.97 Å². The highest BCUT2D eigenvalue weighted by Gasteiger charge is 2.37. The zero-order valence-electron chi connectivity index (χ0n) is 11.5. The highest BCUT2D eigenvalue weighted by molar-refractivity contribution is 5.48. The van der Waals surface area contributed by atoms with Crippen molar-refractivity contribution in [2.75, 3.05) is 11.9 Å². The maximum atomic E-state index is 4.88. The van der Waals surface area contributed by atoms with Gasteiger partial charge in [-0.3, -0.25) is 0 Å². The van der Waals surface area contributed by atoms with Crippen LogP contribution in [0.15, 0.2) is 0 Å². The van der Waals surface area contributed by atoms with E-state index in [-0.39, 0.29) is 0 Å². The average molecular weight is 245 g/mol. The monoisotopic (exact) mass is 245 g/mol. The molecule has 0 aliphatic heterocycles. The van der Waals surface area contributed by atoms with Crippen LogP contribution >= 0.6 is 0 Å². The van der Waals surface area contributed by atoms with E-state index < -0.39 is 0 Å². The molecule has 0 amide bonds. The van der Waals surface area contributed by atoms with Crippen LogP contribution in [0.25, 0.3) is 0 Å². The molecular formula is C15H23N3. The molecule has 2 aliphatic carbocycles. The molecule has 2 atom stereocenters. The van der Waals surface area contributed by atoms with E-state index in [2.05, 4.69) is 19.2 Å². The van der Waals surface area contributed by atoms with Gasteiger partial charge in [0.25, 0.3) is 0 Å². The molecule has 98 valence electrons. The molecule has 0 aromatic carbocycles. The summed E-state index contributed by atoms with van der Waals surface area (Å²) in [5.74, 6) is 3.62. The molecule has 2 unspecified atom stereocenters. The number of nitrogens with zero attached hydrogens (tertiary/aromatic N) is 2. The van der Waals surface area contributed by atoms with Gasteiger partial charge in [-0.05, 0) is 44.9 Å². The van der Waals surface area contributed by atoms with Gasteiger partial charge in [0.1, 0.15) is 11.6 Å². The smallest absolute Gasteiger partial charge is 0.134 e. The van der Waals surface area contributed by atoms with Crippen molar-refractivity contribution >= 4 is 5.82 Å². The first-order valence-electron chi connectivity index (χ1n) is 7.43. The second kappa shape index (κ2) is 4.87. The molecule has 18 heavy (non-hydrogen) atoms. The van der Waals surface area contributed by atoms with Gasteiger partial charge < -0.3 is 5.32 Å². The second-order valence-electron chi connectivity index (χ2n) is 5.77. The first kappa shape index (κ1) is 11.9. The maximum absolute atomic E-state index is 4.88. The molecule has 3 heteroatoms. The summed E-state index contributed by atoms with van der Waals surface area (Å²) in [7, 11) is 0. The largest absolute Gasteiger partial charge is 0.370 e. The van der Waals surface area contributed by atoms with E-state index in [1.54, 1.807) is 0 Å². The summed E-state index contributed by atoms with van der Waals surface area (Å²) in [5, 5.41) is 3.45. The van der Waals surface area contributed by atoms with E-state index in [1.165, 1.54) is 36.9 Å². The lowest BCUT2D eigenvalue weighted by molar-refractivity contribution is 0.707. The lowest BCUT2D eigenvalue weighted by atomic mass is 10.1. The summed E-state index contributed by atoms with van der Waals surface area (Å²) >= 11 is 0. The molecule has 1 aromatic rings. The SMILES string of the molecule is CCNc1nc(C2CC2C)nc2c1CCCCC2. The third-order valence-electron chi connectivity index (χ3n) is 4.24. The molecule has 1 heterocycles. The van der Waals surface area contributed by atoms with Crippen molar-refractivity contribution in [1.82, 2.24) is 9.97 Å². The minimum absolute atomic E-state index is 0.621. The highest BCUT2D eigenvalue weighted by Crippen LogP contribution is 2.46. The lowest BCUT2D eigenvalue weighted by Crippen LogP contribution is -2.10. The van der Waals surface area contributed by atoms with Gasteiger partial charge in [0.15, 0.2) is 0 Å². The maximum Gasteiger partial charge on any atom is 0.134 e. The third-order valence-corrected chi connectivity index (χ3v) is 4.24. The molecule has 1 aromatic heterocycles. The van der Waals surface area contributed by atoms with Crippen molar-refractivity contribution < 1.29 is 0 Å². The molecular weight excluding hydrogens is 222 g/mol. The molecule has 3 nitrogen and oxygen atoms in total. The minimum Gasteiger partial charge on any atom is -0.370 e. The number of anilines is 1. The molecule has 0 spiro atoms. The quantitative estimate of drug-likeness (QED) is 0.830. The number of aromatic nitrogens is 2. The van der Waals surface area contributed by atoms with Gasteiger partial charge in [0, 0.05) is 23.7 Å². The van der Waals surface area contributed by atoms with Crippen LogP contribution < -0.4 is 5.32 Å². The van der Waals surface area contributed by atoms with Gasteiger partial charge in [0.05, 0.1) is 0 Å². The normalized spacial score (nSPS) is 26.3. The standard InChI is InChI=1S/C15H23N3/c1-3-16-14-11-7-5-4-6-8-13(11)17-15(18-14)12-9-10(12)2/h10,12H,3-9H2,1-2H3,(H,16,17,18). The van der Waals surface area contributed by atoms with Crippen molar-refractivity contribution in [3.8, 4) is 0 Å². The number of hydrogen-bond acceptors (Lipinski definition) is 3. The summed E-state index contributed by atoms with van der Waals surface area (Å²) in [6.07, 6.45) is 7.47. The molecule has 0 bridgehead atoms. The molecule has 1 N–H and O–H groups in total. The molecule has 2 aliphatic rings. The molecule has 1 saturated carbocycles. The summed E-state index contributed by atoms with van der Waals surface area (Å²) in [5.41, 5.74) is 2.72. The Kier molecular flexibility index (Phi) is 3.23. The van der Waals surface area contributed by atoms with E-state index in [1.807, 2.05) is 0 Å². The molecule has 3 rings (SSSR count). The van der Waals surface area contributed by atoms with Gasteiger partial charge in [-0.25, -0.2) is 9.97 Å². The fourth-order valence-corrected chi connectivity index (χ4v) is 2.95. The van der Waals surface area contributed by atoms with Crippen LogP contribution in [0, 0.1) is 5.92 Å². The Hall–Kier alpha value is -1.12. The predicted octanol–water partition coefficient (Wildman–Crippen LogP) is 3.30. The van der Waals surface area contributed by atoms with Crippen LogP contribution in [0.4, 0.5) is 5.82 Å². The Bertz CT molecular complexity index is 442. The van der Waals surface area contributed by atoms with E-state index in [0.29, 0.717) is 5.92 Å². The highest BCUT2D eigenvalue weighted by atomic mass is 15.0. The van der Waals surface area contributed by atoms with Gasteiger partial charge >= 0.3 is 0 Å². The second-order valence-corrected chi connectivity index (χ2v) is 5.77. The van der Waals surface area contributed by atoms with Crippen molar-refractivity contribution in [3.63, 3.8) is 0 Å². The Morgan fingerprint density at radius 3 is 2.67 bits per heavy atom. The van der Waals surface area contributed by atoms with E-state index in [0.717, 1.165) is 36.9 Å². The number of aryl methyl sites for hydroxylation is 1. The minimum atomic E-state index is 0.621. The molecule has 0 saturated heterocycles. The van der Waals surface area contributed by atoms with Crippen LogP contribution in [-0.4, -0.2) is 16.5 Å². The van der Waals surface area contributed by atoms with Crippen molar-refractivity contribution in [3.05, 3.63) is 17.1 Å². The van der Waals surface area contributed by atoms with Crippen LogP contribution in [0.1, 0.15) is 62.5 Å². The van der Waals surface area contributed by atoms with Crippen molar-refractivity contribution in [1.29, 1.82) is 0 Å². The number of rotatable bonds is 3. The predicted molar refractivity (Wildman–Crippen MR) is 74.0 cm³/mol. The van der Waals surface area contributed by atoms with Gasteiger partial charge in [-0.1, -0.05) is 13.3 Å². The first-order valence-corrected chi connectivity index (χ1v) is 7.43. The zero-order valence-corrected chi connectivity index (χ0v) is 11.5. The summed E-state index contributed by atoms with van der Waals surface area (Å²) < 4.78 is 0. The Balaban J connectivity index is 1.98. The number of fused-ring (bicyclic) bond motifs is 1. The Morgan fingerprint density at radius 1 is 1.17 bits per heavy atom. The summed E-state index contributed by atoms with van der Waals surface area (Å²) in [6, 6.07) is 0. The van der Waals surface area contributed by atoms with Crippen LogP contribution in [-0.2, 0) is 12.8 Å². The van der Waals surface area contributed by atoms with Gasteiger partial charge in [0.2, 0.25) is 0 Å². The summed E-state index contributed by atoms with van der Waals surface area (Å²) in [6.45, 7) is 5.39. The Labute approximate surface area is 109 Å². The van der Waals surface area contributed by atoms with E-state index in [9.17, 15) is 0 Å². The van der Waals surface area contributed by atoms with Crippen LogP contribution in [0.5, 0.6) is 0 Å². The van der Waals surface area contributed by atoms with Crippen LogP contribution in [0.2, 0.25) is 0 Å². The number of nitrogens with one attached hydrogen (secondary N) is 1. The van der Waals surface area contributed by atoms with Gasteiger partial charge in [-0.15, -0.1) is 0 Å². The van der Waals surface area contributed by atoms with E-state index >= 15 is 0 Å². The summed E-state index contributed by atoms with van der Waals surface area (Å²) in [4.78, 5) is 9.69. The first-order chi connectivity index (χ1) is 8.79. The topological polar surface area (TPSA) is 37.8 Å². The van der Waals surface area contributed by atoms with Gasteiger partial charge in [-0.2, -0.15) is 0 Å². The fourth-order valence-electron chi connectivity index (χ4n) is 2.95. The van der Waals surface area contributed by atoms with Crippen molar-refractivity contribution in [2.45, 2.75) is 58.3 Å². The molecule has 0 radical (unpaired) electrons.